The zero-order valence-corrected chi connectivity index (χ0v) is 15.2. The van der Waals surface area contributed by atoms with Gasteiger partial charge in [-0.2, -0.15) is 0 Å². The van der Waals surface area contributed by atoms with Gasteiger partial charge in [-0.05, 0) is 42.7 Å². The maximum atomic E-state index is 12.8. The van der Waals surface area contributed by atoms with E-state index in [1.807, 2.05) is 24.3 Å². The predicted molar refractivity (Wildman–Crippen MR) is 102 cm³/mol. The van der Waals surface area contributed by atoms with Crippen LogP contribution in [0.25, 0.3) is 17.3 Å². The van der Waals surface area contributed by atoms with Crippen LogP contribution in [0.1, 0.15) is 23.2 Å². The summed E-state index contributed by atoms with van der Waals surface area (Å²) in [5, 5.41) is 0.510. The highest BCUT2D eigenvalue weighted by Gasteiger charge is 2.23. The lowest BCUT2D eigenvalue weighted by atomic mass is 10.1. The van der Waals surface area contributed by atoms with Crippen molar-refractivity contribution >= 4 is 28.9 Å². The fourth-order valence-electron chi connectivity index (χ4n) is 3.37. The highest BCUT2D eigenvalue weighted by molar-refractivity contribution is 6.30. The summed E-state index contributed by atoms with van der Waals surface area (Å²) in [7, 11) is 3.23. The van der Waals surface area contributed by atoms with Crippen molar-refractivity contribution in [3.8, 4) is 11.5 Å². The average Bonchev–Trinajstić information content (AvgIpc) is 3.05. The van der Waals surface area contributed by atoms with Crippen molar-refractivity contribution in [3.63, 3.8) is 0 Å². The molecular weight excluding hydrogens is 352 g/mol. The third-order valence-corrected chi connectivity index (χ3v) is 4.82. The predicted octanol–water partition coefficient (Wildman–Crippen LogP) is 3.85. The summed E-state index contributed by atoms with van der Waals surface area (Å²) in [6.45, 7) is 0. The van der Waals surface area contributed by atoms with Crippen LogP contribution in [0.2, 0.25) is 5.02 Å². The standard InChI is InChI=1S/C20H17ClN2O3/c1-25-16-5-3-4-13(19(16)26-2)10-12-6-8-15-18(12)22-17-9-7-14(21)11-23(17)20(15)24/h3-5,7,9-11H,6,8H2,1-2H3/b12-10+. The molecule has 1 aliphatic rings. The molecule has 3 aromatic rings. The van der Waals surface area contributed by atoms with Crippen molar-refractivity contribution < 1.29 is 9.47 Å². The number of rotatable bonds is 3. The number of hydrogen-bond donors (Lipinski definition) is 0. The van der Waals surface area contributed by atoms with Gasteiger partial charge >= 0.3 is 0 Å². The maximum absolute atomic E-state index is 12.8. The summed E-state index contributed by atoms with van der Waals surface area (Å²) in [4.78, 5) is 17.5. The molecule has 6 heteroatoms. The Morgan fingerprint density at radius 1 is 1.15 bits per heavy atom. The monoisotopic (exact) mass is 368 g/mol. The minimum Gasteiger partial charge on any atom is -0.493 e. The van der Waals surface area contributed by atoms with Gasteiger partial charge in [-0.15, -0.1) is 0 Å². The Bertz CT molecular complexity index is 1100. The SMILES string of the molecule is COc1cccc(/C=C2\CCc3c2nc2ccc(Cl)cn2c3=O)c1OC. The molecule has 0 radical (unpaired) electrons. The molecule has 132 valence electrons. The van der Waals surface area contributed by atoms with Gasteiger partial charge in [0, 0.05) is 17.3 Å². The van der Waals surface area contributed by atoms with Crippen molar-refractivity contribution in [2.45, 2.75) is 12.8 Å². The summed E-state index contributed by atoms with van der Waals surface area (Å²) >= 11 is 6.01. The van der Waals surface area contributed by atoms with Crippen LogP contribution in [0.4, 0.5) is 0 Å². The van der Waals surface area contributed by atoms with Crippen molar-refractivity contribution in [1.29, 1.82) is 0 Å². The fraction of sp³-hybridized carbons (Fsp3) is 0.200. The lowest BCUT2D eigenvalue weighted by Gasteiger charge is -2.11. The highest BCUT2D eigenvalue weighted by Crippen LogP contribution is 2.36. The van der Waals surface area contributed by atoms with Gasteiger partial charge in [0.05, 0.1) is 24.9 Å². The summed E-state index contributed by atoms with van der Waals surface area (Å²) in [5.41, 5.74) is 3.91. The van der Waals surface area contributed by atoms with E-state index in [0.29, 0.717) is 28.6 Å². The Morgan fingerprint density at radius 2 is 2.00 bits per heavy atom. The first kappa shape index (κ1) is 16.7. The first-order chi connectivity index (χ1) is 12.6. The quantitative estimate of drug-likeness (QED) is 0.704. The molecule has 26 heavy (non-hydrogen) atoms. The average molecular weight is 369 g/mol. The summed E-state index contributed by atoms with van der Waals surface area (Å²) in [6.07, 6.45) is 5.04. The first-order valence-corrected chi connectivity index (χ1v) is 8.63. The van der Waals surface area contributed by atoms with Crippen molar-refractivity contribution in [2.24, 2.45) is 0 Å². The molecule has 2 aromatic heterocycles. The second kappa shape index (κ2) is 6.50. The van der Waals surface area contributed by atoms with Gasteiger partial charge in [0.2, 0.25) is 0 Å². The van der Waals surface area contributed by atoms with Gasteiger partial charge in [0.25, 0.3) is 5.56 Å². The van der Waals surface area contributed by atoms with Crippen LogP contribution >= 0.6 is 11.6 Å². The van der Waals surface area contributed by atoms with Gasteiger partial charge in [-0.3, -0.25) is 9.20 Å². The Kier molecular flexibility index (Phi) is 4.17. The van der Waals surface area contributed by atoms with Crippen LogP contribution < -0.4 is 15.0 Å². The Labute approximate surface area is 155 Å². The van der Waals surface area contributed by atoms with E-state index < -0.39 is 0 Å². The van der Waals surface area contributed by atoms with Gasteiger partial charge < -0.3 is 9.47 Å². The third-order valence-electron chi connectivity index (χ3n) is 4.59. The number of pyridine rings is 1. The molecule has 4 rings (SSSR count). The molecule has 0 amide bonds. The van der Waals surface area contributed by atoms with E-state index in [9.17, 15) is 4.79 Å². The molecule has 1 aliphatic carbocycles. The van der Waals surface area contributed by atoms with Crippen molar-refractivity contribution in [1.82, 2.24) is 9.38 Å². The molecule has 1 aromatic carbocycles. The molecule has 5 nitrogen and oxygen atoms in total. The minimum absolute atomic E-state index is 0.0616. The number of aromatic nitrogens is 2. The zero-order chi connectivity index (χ0) is 18.3. The molecule has 0 unspecified atom stereocenters. The van der Waals surface area contributed by atoms with Gasteiger partial charge in [-0.25, -0.2) is 4.98 Å². The van der Waals surface area contributed by atoms with Crippen LogP contribution in [0.3, 0.4) is 0 Å². The van der Waals surface area contributed by atoms with E-state index in [4.69, 9.17) is 26.1 Å². The molecule has 0 atom stereocenters. The van der Waals surface area contributed by atoms with Crippen LogP contribution in [-0.2, 0) is 6.42 Å². The Morgan fingerprint density at radius 3 is 2.77 bits per heavy atom. The van der Waals surface area contributed by atoms with E-state index in [-0.39, 0.29) is 5.56 Å². The van der Waals surface area contributed by atoms with Crippen LogP contribution in [0.15, 0.2) is 41.3 Å². The number of nitrogens with zero attached hydrogens (tertiary/aromatic N) is 2. The number of para-hydroxylation sites is 1. The first-order valence-electron chi connectivity index (χ1n) is 8.25. The number of ether oxygens (including phenoxy) is 2. The van der Waals surface area contributed by atoms with E-state index in [0.717, 1.165) is 28.8 Å². The topological polar surface area (TPSA) is 52.8 Å². The molecule has 2 heterocycles. The molecule has 0 fully saturated rings. The number of halogens is 1. The lowest BCUT2D eigenvalue weighted by Crippen LogP contribution is -2.19. The van der Waals surface area contributed by atoms with E-state index >= 15 is 0 Å². The number of methoxy groups -OCH3 is 2. The van der Waals surface area contributed by atoms with Crippen LogP contribution in [0, 0.1) is 0 Å². The fourth-order valence-corrected chi connectivity index (χ4v) is 3.53. The smallest absolute Gasteiger partial charge is 0.261 e. The van der Waals surface area contributed by atoms with Gasteiger partial charge in [0.1, 0.15) is 5.65 Å². The maximum Gasteiger partial charge on any atom is 0.261 e. The molecule has 0 spiro atoms. The summed E-state index contributed by atoms with van der Waals surface area (Å²) in [6, 6.07) is 9.21. The second-order valence-corrected chi connectivity index (χ2v) is 6.51. The van der Waals surface area contributed by atoms with Crippen molar-refractivity contribution in [3.05, 3.63) is 68.7 Å². The normalized spacial score (nSPS) is 14.7. The second-order valence-electron chi connectivity index (χ2n) is 6.07. The summed E-state index contributed by atoms with van der Waals surface area (Å²) < 4.78 is 12.4. The number of hydrogen-bond acceptors (Lipinski definition) is 4. The van der Waals surface area contributed by atoms with Crippen LogP contribution in [0.5, 0.6) is 11.5 Å². The molecule has 0 aliphatic heterocycles. The zero-order valence-electron chi connectivity index (χ0n) is 14.5. The number of allylic oxidation sites excluding steroid dienone is 1. The molecule has 0 saturated heterocycles. The Hall–Kier alpha value is -2.79. The van der Waals surface area contributed by atoms with E-state index in [2.05, 4.69) is 0 Å². The minimum atomic E-state index is -0.0616. The third kappa shape index (κ3) is 2.65. The lowest BCUT2D eigenvalue weighted by molar-refractivity contribution is 0.354. The summed E-state index contributed by atoms with van der Waals surface area (Å²) in [5.74, 6) is 1.33. The molecule has 0 N–H and O–H groups in total. The molecule has 0 saturated carbocycles. The number of benzene rings is 1. The molecule has 0 bridgehead atoms. The Balaban J connectivity index is 1.89. The van der Waals surface area contributed by atoms with Crippen molar-refractivity contribution in [2.75, 3.05) is 14.2 Å². The van der Waals surface area contributed by atoms with Gasteiger partial charge in [-0.1, -0.05) is 23.7 Å². The number of fused-ring (bicyclic) bond motifs is 2. The van der Waals surface area contributed by atoms with E-state index in [1.54, 1.807) is 32.5 Å². The van der Waals surface area contributed by atoms with E-state index in [1.165, 1.54) is 4.40 Å². The largest absolute Gasteiger partial charge is 0.493 e. The molecular formula is C20H17ClN2O3. The highest BCUT2D eigenvalue weighted by atomic mass is 35.5. The van der Waals surface area contributed by atoms with Gasteiger partial charge in [0.15, 0.2) is 11.5 Å². The van der Waals surface area contributed by atoms with Crippen LogP contribution in [-0.4, -0.2) is 23.6 Å².